The van der Waals surface area contributed by atoms with Gasteiger partial charge >= 0.3 is 0 Å². The number of hydrogen-bond donors (Lipinski definition) is 1. The summed E-state index contributed by atoms with van der Waals surface area (Å²) >= 11 is 0. The molecule has 0 aromatic rings. The summed E-state index contributed by atoms with van der Waals surface area (Å²) in [6.07, 6.45) is 3.39. The van der Waals surface area contributed by atoms with Crippen LogP contribution in [-0.2, 0) is 0 Å². The van der Waals surface area contributed by atoms with E-state index in [-0.39, 0.29) is 0 Å². The molecule has 1 N–H and O–H groups in total. The smallest absolute Gasteiger partial charge is 0.108 e. The van der Waals surface area contributed by atoms with Gasteiger partial charge in [0.15, 0.2) is 0 Å². The summed E-state index contributed by atoms with van der Waals surface area (Å²) in [6, 6.07) is 1.06. The van der Waals surface area contributed by atoms with Gasteiger partial charge in [-0.25, -0.2) is 5.53 Å². The molecule has 0 bridgehead atoms. The summed E-state index contributed by atoms with van der Waals surface area (Å²) in [4.78, 5) is 0. The van der Waals surface area contributed by atoms with Crippen molar-refractivity contribution in [1.29, 1.82) is 5.53 Å². The highest BCUT2D eigenvalue weighted by atomic mass is 15.0. The van der Waals surface area contributed by atoms with E-state index in [4.69, 9.17) is 5.53 Å². The Morgan fingerprint density at radius 1 is 1.50 bits per heavy atom. The lowest BCUT2D eigenvalue weighted by Crippen LogP contribution is -2.03. The second-order valence-electron chi connectivity index (χ2n) is 1.53. The molecule has 6 heavy (non-hydrogen) atoms. The average Bonchev–Trinajstić information content (AvgIpc) is 1.31. The number of nitrogens with one attached hydrogen (secondary N) is 1. The Labute approximate surface area is 37.1 Å². The van der Waals surface area contributed by atoms with Crippen LogP contribution in [0.25, 0.3) is 0 Å². The molecule has 2 nitrogen and oxygen atoms in total. The molecule has 0 atom stereocenters. The minimum absolute atomic E-state index is 1.06. The van der Waals surface area contributed by atoms with Gasteiger partial charge in [0.25, 0.3) is 0 Å². The minimum atomic E-state index is 1.06. The molecule has 0 aliphatic heterocycles. The third-order valence-electron chi connectivity index (χ3n) is 1.09. The van der Waals surface area contributed by atoms with Crippen LogP contribution in [0.2, 0.25) is 0 Å². The first kappa shape index (κ1) is 3.78. The molecular formula is C4H7N2. The monoisotopic (exact) mass is 83.1 g/mol. The van der Waals surface area contributed by atoms with Gasteiger partial charge in [-0.3, -0.25) is 0 Å². The highest BCUT2D eigenvalue weighted by Crippen LogP contribution is 2.28. The average molecular weight is 83.1 g/mol. The van der Waals surface area contributed by atoms with E-state index in [1.165, 1.54) is 6.42 Å². The fraction of sp³-hybridized carbons (Fsp3) is 0.750. The molecule has 1 fully saturated rings. The standard InChI is InChI=1S/C4H7N2/c5-6-4-2-1-3-4/h5H,1-3H2. The van der Waals surface area contributed by atoms with Gasteiger partial charge in [0.2, 0.25) is 0 Å². The quantitative estimate of drug-likeness (QED) is 0.469. The molecular weight excluding hydrogens is 76.1 g/mol. The van der Waals surface area contributed by atoms with Crippen molar-refractivity contribution < 1.29 is 0 Å². The maximum Gasteiger partial charge on any atom is 0.108 e. The maximum absolute atomic E-state index is 6.45. The lowest BCUT2D eigenvalue weighted by molar-refractivity contribution is 0.522. The van der Waals surface area contributed by atoms with E-state index in [1.54, 1.807) is 0 Å². The molecule has 1 aliphatic carbocycles. The van der Waals surface area contributed by atoms with Crippen LogP contribution in [0.4, 0.5) is 0 Å². The fourth-order valence-corrected chi connectivity index (χ4v) is 0.447. The molecule has 1 rings (SSSR count). The summed E-state index contributed by atoms with van der Waals surface area (Å²) in [6.45, 7) is 0. The van der Waals surface area contributed by atoms with Gasteiger partial charge in [0, 0.05) is 0 Å². The van der Waals surface area contributed by atoms with Gasteiger partial charge in [-0.15, -0.1) is 0 Å². The Hall–Kier alpha value is -0.400. The lowest BCUT2D eigenvalue weighted by atomic mass is 9.94. The van der Waals surface area contributed by atoms with Crippen molar-refractivity contribution in [3.05, 3.63) is 6.04 Å². The SMILES string of the molecule is N=N[C]1CCC1. The largest absolute Gasteiger partial charge is 0.209 e. The van der Waals surface area contributed by atoms with Crippen molar-refractivity contribution in [2.45, 2.75) is 19.3 Å². The molecule has 0 spiro atoms. The van der Waals surface area contributed by atoms with Crippen molar-refractivity contribution in [2.24, 2.45) is 5.11 Å². The van der Waals surface area contributed by atoms with Crippen LogP contribution in [0.5, 0.6) is 0 Å². The van der Waals surface area contributed by atoms with Gasteiger partial charge in [0.1, 0.15) is 6.04 Å². The van der Waals surface area contributed by atoms with E-state index in [0.717, 1.165) is 18.9 Å². The van der Waals surface area contributed by atoms with Crippen LogP contribution in [0.3, 0.4) is 0 Å². The molecule has 1 radical (unpaired) electrons. The third kappa shape index (κ3) is 0.421. The van der Waals surface area contributed by atoms with Crippen molar-refractivity contribution in [1.82, 2.24) is 0 Å². The van der Waals surface area contributed by atoms with Crippen molar-refractivity contribution in [3.8, 4) is 0 Å². The van der Waals surface area contributed by atoms with E-state index >= 15 is 0 Å². The van der Waals surface area contributed by atoms with Crippen LogP contribution in [0.15, 0.2) is 5.11 Å². The summed E-state index contributed by atoms with van der Waals surface area (Å²) in [7, 11) is 0. The zero-order valence-electron chi connectivity index (χ0n) is 3.57. The van der Waals surface area contributed by atoms with Gasteiger partial charge in [-0.2, -0.15) is 5.11 Å². The van der Waals surface area contributed by atoms with Gasteiger partial charge in [-0.05, 0) is 19.3 Å². The van der Waals surface area contributed by atoms with Crippen molar-refractivity contribution in [2.75, 3.05) is 0 Å². The van der Waals surface area contributed by atoms with E-state index in [2.05, 4.69) is 5.11 Å². The molecule has 33 valence electrons. The molecule has 0 aromatic heterocycles. The summed E-state index contributed by atoms with van der Waals surface area (Å²) in [5.74, 6) is 0. The molecule has 0 heterocycles. The Morgan fingerprint density at radius 2 is 2.17 bits per heavy atom. The number of hydrogen-bond acceptors (Lipinski definition) is 2. The molecule has 0 amide bonds. The van der Waals surface area contributed by atoms with E-state index < -0.39 is 0 Å². The molecule has 0 aromatic carbocycles. The van der Waals surface area contributed by atoms with Gasteiger partial charge < -0.3 is 0 Å². The Balaban J connectivity index is 2.16. The van der Waals surface area contributed by atoms with E-state index in [1.807, 2.05) is 0 Å². The normalized spacial score (nSPS) is 22.7. The highest BCUT2D eigenvalue weighted by Gasteiger charge is 2.16. The van der Waals surface area contributed by atoms with Gasteiger partial charge in [0.05, 0.1) is 0 Å². The van der Waals surface area contributed by atoms with Crippen LogP contribution in [0.1, 0.15) is 19.3 Å². The zero-order valence-corrected chi connectivity index (χ0v) is 3.57. The Morgan fingerprint density at radius 3 is 2.17 bits per heavy atom. The second kappa shape index (κ2) is 1.37. The first-order chi connectivity index (χ1) is 2.93. The van der Waals surface area contributed by atoms with Crippen molar-refractivity contribution in [3.63, 3.8) is 0 Å². The van der Waals surface area contributed by atoms with Crippen LogP contribution < -0.4 is 0 Å². The van der Waals surface area contributed by atoms with Crippen LogP contribution >= 0.6 is 0 Å². The summed E-state index contributed by atoms with van der Waals surface area (Å²) in [5.41, 5.74) is 6.45. The van der Waals surface area contributed by atoms with Crippen LogP contribution in [0, 0.1) is 11.6 Å². The fourth-order valence-electron chi connectivity index (χ4n) is 0.447. The summed E-state index contributed by atoms with van der Waals surface area (Å²) < 4.78 is 0. The summed E-state index contributed by atoms with van der Waals surface area (Å²) in [5, 5.41) is 3.26. The van der Waals surface area contributed by atoms with Crippen molar-refractivity contribution >= 4 is 0 Å². The predicted octanol–water partition coefficient (Wildman–Crippen LogP) is 1.73. The number of rotatable bonds is 1. The minimum Gasteiger partial charge on any atom is -0.209 e. The Bertz CT molecular complexity index is 56.6. The maximum atomic E-state index is 6.45. The molecule has 2 heteroatoms. The highest BCUT2D eigenvalue weighted by molar-refractivity contribution is 4.93. The first-order valence-corrected chi connectivity index (χ1v) is 2.15. The zero-order chi connectivity index (χ0) is 4.41. The van der Waals surface area contributed by atoms with Crippen LogP contribution in [-0.4, -0.2) is 0 Å². The topological polar surface area (TPSA) is 36.2 Å². The molecule has 0 saturated heterocycles. The van der Waals surface area contributed by atoms with E-state index in [0.29, 0.717) is 0 Å². The van der Waals surface area contributed by atoms with E-state index in [9.17, 15) is 0 Å². The first-order valence-electron chi connectivity index (χ1n) is 2.15. The molecule has 1 aliphatic rings. The number of nitrogens with zero attached hydrogens (tertiary/aromatic N) is 1. The van der Waals surface area contributed by atoms with Gasteiger partial charge in [-0.1, -0.05) is 0 Å². The predicted molar refractivity (Wildman–Crippen MR) is 22.2 cm³/mol. The Kier molecular flexibility index (Phi) is 0.862. The molecule has 0 unspecified atom stereocenters. The molecule has 1 saturated carbocycles. The lowest BCUT2D eigenvalue weighted by Gasteiger charge is -2.16. The second-order valence-corrected chi connectivity index (χ2v) is 1.53. The third-order valence-corrected chi connectivity index (χ3v) is 1.09.